The third-order valence-corrected chi connectivity index (χ3v) is 4.12. The Bertz CT molecular complexity index is 874. The van der Waals surface area contributed by atoms with Gasteiger partial charge < -0.3 is 30.0 Å². The lowest BCUT2D eigenvalue weighted by Crippen LogP contribution is -2.43. The zero-order valence-electron chi connectivity index (χ0n) is 21.2. The van der Waals surface area contributed by atoms with E-state index in [0.717, 1.165) is 0 Å². The number of carboxylic acid groups (broad SMARTS) is 1. The summed E-state index contributed by atoms with van der Waals surface area (Å²) < 4.78 is 15.4. The number of rotatable bonds is 10. The van der Waals surface area contributed by atoms with Gasteiger partial charge in [-0.1, -0.05) is 12.1 Å². The fraction of sp³-hybridized carbons (Fsp3) is 0.583. The molecule has 4 N–H and O–H groups in total. The minimum absolute atomic E-state index is 0.00340. The third-order valence-electron chi connectivity index (χ3n) is 4.12. The number of carbonyl (C=O) groups excluding carboxylic acids is 3. The van der Waals surface area contributed by atoms with Crippen molar-refractivity contribution in [3.63, 3.8) is 0 Å². The van der Waals surface area contributed by atoms with Crippen molar-refractivity contribution in [2.24, 2.45) is 0 Å². The zero-order valence-corrected chi connectivity index (χ0v) is 21.2. The molecule has 11 nitrogen and oxygen atoms in total. The molecular weight excluding hydrogens is 458 g/mol. The van der Waals surface area contributed by atoms with Crippen molar-refractivity contribution in [3.05, 3.63) is 29.8 Å². The summed E-state index contributed by atoms with van der Waals surface area (Å²) >= 11 is 0. The molecule has 0 aliphatic carbocycles. The molecule has 0 aliphatic rings. The maximum Gasteiger partial charge on any atom is 0.412 e. The molecule has 196 valence electrons. The summed E-state index contributed by atoms with van der Waals surface area (Å²) in [6.45, 7) is 10.6. The van der Waals surface area contributed by atoms with Gasteiger partial charge >= 0.3 is 24.2 Å². The summed E-state index contributed by atoms with van der Waals surface area (Å²) in [4.78, 5) is 46.9. The van der Waals surface area contributed by atoms with E-state index < -0.39 is 41.5 Å². The second-order valence-electron chi connectivity index (χ2n) is 9.86. The maximum atomic E-state index is 11.9. The second kappa shape index (κ2) is 13.4. The number of unbranched alkanes of at least 4 members (excludes halogenated alkanes) is 1. The van der Waals surface area contributed by atoms with Crippen LogP contribution in [0.25, 0.3) is 0 Å². The monoisotopic (exact) mass is 495 g/mol. The molecule has 1 aromatic rings. The van der Waals surface area contributed by atoms with Gasteiger partial charge in [0.15, 0.2) is 0 Å². The molecule has 1 unspecified atom stereocenters. The molecule has 0 saturated carbocycles. The predicted octanol–water partition coefficient (Wildman–Crippen LogP) is 4.41. The first-order chi connectivity index (χ1) is 16.1. The number of ether oxygens (including phenoxy) is 3. The number of anilines is 1. The van der Waals surface area contributed by atoms with Crippen LogP contribution in [0, 0.1) is 0 Å². The Morgan fingerprint density at radius 2 is 1.54 bits per heavy atom. The average Bonchev–Trinajstić information content (AvgIpc) is 2.68. The van der Waals surface area contributed by atoms with Gasteiger partial charge in [-0.15, -0.1) is 0 Å². The number of carbonyl (C=O) groups is 4. The van der Waals surface area contributed by atoms with Crippen LogP contribution in [0.1, 0.15) is 66.4 Å². The van der Waals surface area contributed by atoms with Gasteiger partial charge in [0.25, 0.3) is 0 Å². The molecule has 0 saturated heterocycles. The van der Waals surface area contributed by atoms with Crippen molar-refractivity contribution in [2.75, 3.05) is 11.9 Å². The molecule has 0 radical (unpaired) electrons. The molecule has 0 fully saturated rings. The SMILES string of the molecule is CC(C)(C)OC(=O)Nc1cccc(COC(=O)NCCCCC(NC(=O)OC(C)(C)C)C(=O)O)c1. The molecule has 0 aliphatic heterocycles. The second-order valence-corrected chi connectivity index (χ2v) is 9.86. The van der Waals surface area contributed by atoms with Gasteiger partial charge in [0, 0.05) is 12.2 Å². The highest BCUT2D eigenvalue weighted by Gasteiger charge is 2.23. The molecule has 1 aromatic carbocycles. The van der Waals surface area contributed by atoms with Crippen LogP contribution in [0.2, 0.25) is 0 Å². The van der Waals surface area contributed by atoms with Crippen molar-refractivity contribution >= 4 is 29.9 Å². The van der Waals surface area contributed by atoms with E-state index in [1.165, 1.54) is 0 Å². The molecule has 35 heavy (non-hydrogen) atoms. The van der Waals surface area contributed by atoms with E-state index in [1.54, 1.807) is 65.8 Å². The Kier molecular flexibility index (Phi) is 11.3. The highest BCUT2D eigenvalue weighted by atomic mass is 16.6. The largest absolute Gasteiger partial charge is 0.480 e. The lowest BCUT2D eigenvalue weighted by molar-refractivity contribution is -0.139. The van der Waals surface area contributed by atoms with Crippen molar-refractivity contribution in [3.8, 4) is 0 Å². The van der Waals surface area contributed by atoms with Crippen molar-refractivity contribution < 1.29 is 38.5 Å². The van der Waals surface area contributed by atoms with Crippen LogP contribution in [-0.4, -0.2) is 53.1 Å². The molecule has 0 heterocycles. The van der Waals surface area contributed by atoms with Crippen LogP contribution < -0.4 is 16.0 Å². The van der Waals surface area contributed by atoms with Gasteiger partial charge in [-0.25, -0.2) is 19.2 Å². The molecular formula is C24H37N3O8. The Labute approximate surface area is 205 Å². The van der Waals surface area contributed by atoms with Crippen LogP contribution in [0.4, 0.5) is 20.1 Å². The summed E-state index contributed by atoms with van der Waals surface area (Å²) in [7, 11) is 0. The first-order valence-electron chi connectivity index (χ1n) is 11.4. The third kappa shape index (κ3) is 14.4. The number of amides is 3. The fourth-order valence-electron chi connectivity index (χ4n) is 2.73. The first kappa shape index (κ1) is 29.5. The van der Waals surface area contributed by atoms with Crippen LogP contribution in [0.5, 0.6) is 0 Å². The number of benzene rings is 1. The number of aliphatic carboxylic acids is 1. The summed E-state index contributed by atoms with van der Waals surface area (Å²) in [5, 5.41) is 16.8. The number of carboxylic acids is 1. The van der Waals surface area contributed by atoms with Crippen LogP contribution in [-0.2, 0) is 25.6 Å². The maximum absolute atomic E-state index is 11.9. The van der Waals surface area contributed by atoms with Crippen LogP contribution >= 0.6 is 0 Å². The molecule has 1 atom stereocenters. The van der Waals surface area contributed by atoms with E-state index in [1.807, 2.05) is 0 Å². The summed E-state index contributed by atoms with van der Waals surface area (Å²) in [6.07, 6.45) is -0.882. The quantitative estimate of drug-likeness (QED) is 0.275. The van der Waals surface area contributed by atoms with E-state index >= 15 is 0 Å². The number of hydrogen-bond donors (Lipinski definition) is 4. The highest BCUT2D eigenvalue weighted by molar-refractivity contribution is 5.85. The van der Waals surface area contributed by atoms with E-state index in [2.05, 4.69) is 16.0 Å². The Hall–Kier alpha value is -3.50. The Morgan fingerprint density at radius 3 is 2.14 bits per heavy atom. The van der Waals surface area contributed by atoms with Crippen molar-refractivity contribution in [2.45, 2.75) is 84.7 Å². The lowest BCUT2D eigenvalue weighted by atomic mass is 10.1. The van der Waals surface area contributed by atoms with Gasteiger partial charge in [0.05, 0.1) is 0 Å². The van der Waals surface area contributed by atoms with Gasteiger partial charge in [-0.2, -0.15) is 0 Å². The van der Waals surface area contributed by atoms with Crippen LogP contribution in [0.15, 0.2) is 24.3 Å². The number of alkyl carbamates (subject to hydrolysis) is 2. The van der Waals surface area contributed by atoms with Gasteiger partial charge in [-0.05, 0) is 78.5 Å². The standard InChI is InChI=1S/C24H37N3O8/c1-23(2,3)34-21(31)26-17-11-9-10-16(14-17)15-33-20(30)25-13-8-7-12-18(19(28)29)27-22(32)35-24(4,5)6/h9-11,14,18H,7-8,12-13,15H2,1-6H3,(H,25,30)(H,26,31)(H,27,32)(H,28,29). The summed E-state index contributed by atoms with van der Waals surface area (Å²) in [5.74, 6) is -1.16. The van der Waals surface area contributed by atoms with Gasteiger partial charge in [0.2, 0.25) is 0 Å². The van der Waals surface area contributed by atoms with Crippen LogP contribution in [0.3, 0.4) is 0 Å². The topological polar surface area (TPSA) is 152 Å². The molecule has 0 spiro atoms. The normalized spacial score (nSPS) is 12.2. The fourth-order valence-corrected chi connectivity index (χ4v) is 2.73. The minimum Gasteiger partial charge on any atom is -0.480 e. The summed E-state index contributed by atoms with van der Waals surface area (Å²) in [5.41, 5.74) is -0.167. The smallest absolute Gasteiger partial charge is 0.412 e. The predicted molar refractivity (Wildman–Crippen MR) is 129 cm³/mol. The lowest BCUT2D eigenvalue weighted by Gasteiger charge is -2.22. The van der Waals surface area contributed by atoms with Crippen molar-refractivity contribution in [1.29, 1.82) is 0 Å². The minimum atomic E-state index is -1.16. The summed E-state index contributed by atoms with van der Waals surface area (Å²) in [6, 6.07) is 5.74. The molecule has 3 amide bonds. The van der Waals surface area contributed by atoms with E-state index in [4.69, 9.17) is 14.2 Å². The van der Waals surface area contributed by atoms with Gasteiger partial charge in [-0.3, -0.25) is 5.32 Å². The highest BCUT2D eigenvalue weighted by Crippen LogP contribution is 2.14. The molecule has 0 aromatic heterocycles. The molecule has 11 heteroatoms. The van der Waals surface area contributed by atoms with Crippen molar-refractivity contribution in [1.82, 2.24) is 10.6 Å². The number of nitrogens with one attached hydrogen (secondary N) is 3. The Balaban J connectivity index is 2.34. The molecule has 1 rings (SSSR count). The zero-order chi connectivity index (χ0) is 26.6. The van der Waals surface area contributed by atoms with E-state index in [0.29, 0.717) is 24.1 Å². The Morgan fingerprint density at radius 1 is 0.914 bits per heavy atom. The number of hydrogen-bond acceptors (Lipinski definition) is 7. The average molecular weight is 496 g/mol. The van der Waals surface area contributed by atoms with E-state index in [9.17, 15) is 24.3 Å². The first-order valence-corrected chi connectivity index (χ1v) is 11.4. The van der Waals surface area contributed by atoms with Gasteiger partial charge in [0.1, 0.15) is 23.9 Å². The van der Waals surface area contributed by atoms with E-state index in [-0.39, 0.29) is 19.6 Å². The molecule has 0 bridgehead atoms.